The Kier molecular flexibility index (Phi) is 7.65. The number of aryl methyl sites for hydroxylation is 4. The summed E-state index contributed by atoms with van der Waals surface area (Å²) in [5.74, 6) is -0.285. The summed E-state index contributed by atoms with van der Waals surface area (Å²) in [5, 5.41) is 0.448. The molecule has 0 aliphatic carbocycles. The molecule has 9 heteroatoms. The fourth-order valence-corrected chi connectivity index (χ4v) is 5.94. The third-order valence-electron chi connectivity index (χ3n) is 5.41. The Morgan fingerprint density at radius 2 is 1.82 bits per heavy atom. The molecule has 6 nitrogen and oxygen atoms in total. The molecule has 4 rings (SSSR count). The molecule has 2 heterocycles. The van der Waals surface area contributed by atoms with Crippen molar-refractivity contribution in [3.8, 4) is 5.69 Å². The van der Waals surface area contributed by atoms with Gasteiger partial charge in [0.15, 0.2) is 14.8 Å². The van der Waals surface area contributed by atoms with Gasteiger partial charge in [0.25, 0.3) is 5.56 Å². The van der Waals surface area contributed by atoms with Gasteiger partial charge >= 0.3 is 5.97 Å². The highest BCUT2D eigenvalue weighted by molar-refractivity contribution is 7.99. The van der Waals surface area contributed by atoms with Crippen LogP contribution in [0.4, 0.5) is 0 Å². The van der Waals surface area contributed by atoms with E-state index in [2.05, 4.69) is 12.1 Å². The molecular weight excluding hydrogens is 486 g/mol. The first-order valence-electron chi connectivity index (χ1n) is 11.0. The smallest absolute Gasteiger partial charge is 0.316 e. The highest BCUT2D eigenvalue weighted by Gasteiger charge is 2.21. The van der Waals surface area contributed by atoms with Gasteiger partial charge in [-0.1, -0.05) is 71.6 Å². The molecule has 0 aliphatic rings. The van der Waals surface area contributed by atoms with Crippen molar-refractivity contribution in [2.24, 2.45) is 0 Å². The number of rotatable bonds is 8. The highest BCUT2D eigenvalue weighted by atomic mass is 32.2. The van der Waals surface area contributed by atoms with Crippen LogP contribution in [0.3, 0.4) is 0 Å². The number of thioether (sulfide) groups is 1. The van der Waals surface area contributed by atoms with Gasteiger partial charge in [0, 0.05) is 6.54 Å². The number of hydrogen-bond donors (Lipinski definition) is 0. The standard InChI is InChI=1S/C25H25N3O3S3/c1-4-31-19(29)15-33-24-26-22-21(23(30)28(24)20-16(2)9-8-10-17(20)3)34-25(32)27(22)14-13-18-11-6-5-7-12-18/h5-12H,4,13-15H2,1-3H3. The minimum absolute atomic E-state index is 0.0611. The molecule has 0 radical (unpaired) electrons. The molecule has 0 fully saturated rings. The van der Waals surface area contributed by atoms with Gasteiger partial charge in [-0.3, -0.25) is 14.2 Å². The molecule has 176 valence electrons. The largest absolute Gasteiger partial charge is 0.465 e. The van der Waals surface area contributed by atoms with E-state index in [1.165, 1.54) is 28.7 Å². The van der Waals surface area contributed by atoms with Crippen LogP contribution in [0.5, 0.6) is 0 Å². The number of carbonyl (C=O) groups excluding carboxylic acids is 1. The number of thiazole rings is 1. The molecule has 0 amide bonds. The van der Waals surface area contributed by atoms with Crippen LogP contribution < -0.4 is 5.56 Å². The molecule has 34 heavy (non-hydrogen) atoms. The van der Waals surface area contributed by atoms with E-state index in [1.807, 2.05) is 54.8 Å². The van der Waals surface area contributed by atoms with E-state index >= 15 is 0 Å². The molecule has 2 aromatic carbocycles. The average molecular weight is 512 g/mol. The lowest BCUT2D eigenvalue weighted by Gasteiger charge is -2.16. The van der Waals surface area contributed by atoms with Gasteiger partial charge in [-0.15, -0.1) is 0 Å². The summed E-state index contributed by atoms with van der Waals surface area (Å²) in [7, 11) is 0. The first kappa shape index (κ1) is 24.4. The summed E-state index contributed by atoms with van der Waals surface area (Å²) < 4.78 is 9.76. The van der Waals surface area contributed by atoms with Crippen LogP contribution in [-0.2, 0) is 22.5 Å². The van der Waals surface area contributed by atoms with Crippen LogP contribution in [0.15, 0.2) is 58.5 Å². The van der Waals surface area contributed by atoms with Gasteiger partial charge in [-0.05, 0) is 56.1 Å². The number of ether oxygens (including phenoxy) is 1. The van der Waals surface area contributed by atoms with Crippen molar-refractivity contribution in [2.45, 2.75) is 38.9 Å². The first-order valence-corrected chi connectivity index (χ1v) is 13.2. The number of para-hydroxylation sites is 1. The van der Waals surface area contributed by atoms with Crippen molar-refractivity contribution >= 4 is 51.6 Å². The Bertz CT molecular complexity index is 1440. The van der Waals surface area contributed by atoms with Gasteiger partial charge in [0.1, 0.15) is 4.70 Å². The van der Waals surface area contributed by atoms with Crippen LogP contribution in [0.25, 0.3) is 16.0 Å². The quantitative estimate of drug-likeness (QED) is 0.135. The Morgan fingerprint density at radius 3 is 2.50 bits per heavy atom. The monoisotopic (exact) mass is 511 g/mol. The number of hydrogen-bond acceptors (Lipinski definition) is 7. The van der Waals surface area contributed by atoms with E-state index in [9.17, 15) is 9.59 Å². The highest BCUT2D eigenvalue weighted by Crippen LogP contribution is 2.28. The van der Waals surface area contributed by atoms with E-state index < -0.39 is 0 Å². The zero-order valence-electron chi connectivity index (χ0n) is 19.2. The zero-order chi connectivity index (χ0) is 24.2. The summed E-state index contributed by atoms with van der Waals surface area (Å²) in [4.78, 5) is 30.8. The minimum Gasteiger partial charge on any atom is -0.465 e. The molecule has 0 bridgehead atoms. The van der Waals surface area contributed by atoms with Crippen LogP contribution in [0.1, 0.15) is 23.6 Å². The van der Waals surface area contributed by atoms with E-state index in [4.69, 9.17) is 21.9 Å². The fourth-order valence-electron chi connectivity index (χ4n) is 3.84. The van der Waals surface area contributed by atoms with Gasteiger partial charge in [-0.2, -0.15) is 0 Å². The lowest BCUT2D eigenvalue weighted by atomic mass is 10.1. The van der Waals surface area contributed by atoms with E-state index in [1.54, 1.807) is 11.5 Å². The summed E-state index contributed by atoms with van der Waals surface area (Å²) >= 11 is 8.12. The summed E-state index contributed by atoms with van der Waals surface area (Å²) in [6, 6.07) is 16.0. The topological polar surface area (TPSA) is 66.1 Å². The predicted molar refractivity (Wildman–Crippen MR) is 141 cm³/mol. The lowest BCUT2D eigenvalue weighted by molar-refractivity contribution is -0.139. The normalized spacial score (nSPS) is 11.1. The number of fused-ring (bicyclic) bond motifs is 1. The van der Waals surface area contributed by atoms with Crippen molar-refractivity contribution in [1.29, 1.82) is 0 Å². The lowest BCUT2D eigenvalue weighted by Crippen LogP contribution is -2.24. The second-order valence-corrected chi connectivity index (χ2v) is 10.4. The second-order valence-electron chi connectivity index (χ2n) is 7.78. The molecule has 0 N–H and O–H groups in total. The van der Waals surface area contributed by atoms with Crippen LogP contribution in [-0.4, -0.2) is 32.4 Å². The molecule has 0 atom stereocenters. The number of nitrogens with zero attached hydrogens (tertiary/aromatic N) is 3. The average Bonchev–Trinajstić information content (AvgIpc) is 3.14. The van der Waals surface area contributed by atoms with Gasteiger partial charge in [0.05, 0.1) is 18.0 Å². The number of carbonyl (C=O) groups is 1. The van der Waals surface area contributed by atoms with E-state index in [0.29, 0.717) is 32.6 Å². The van der Waals surface area contributed by atoms with Gasteiger partial charge in [0.2, 0.25) is 0 Å². The third-order valence-corrected chi connectivity index (χ3v) is 7.75. The van der Waals surface area contributed by atoms with Crippen molar-refractivity contribution < 1.29 is 9.53 Å². The maximum Gasteiger partial charge on any atom is 0.316 e. The van der Waals surface area contributed by atoms with E-state index in [-0.39, 0.29) is 17.3 Å². The molecule has 4 aromatic rings. The van der Waals surface area contributed by atoms with Crippen LogP contribution in [0.2, 0.25) is 0 Å². The SMILES string of the molecule is CCOC(=O)CSc1nc2c(sc(=S)n2CCc2ccccc2)c(=O)n1-c1c(C)cccc1C. The Morgan fingerprint density at radius 1 is 1.12 bits per heavy atom. The number of esters is 1. The summed E-state index contributed by atoms with van der Waals surface area (Å²) in [6.07, 6.45) is 0.772. The Labute approximate surface area is 211 Å². The van der Waals surface area contributed by atoms with E-state index in [0.717, 1.165) is 23.2 Å². The summed E-state index contributed by atoms with van der Waals surface area (Å²) in [6.45, 7) is 6.62. The van der Waals surface area contributed by atoms with Crippen molar-refractivity contribution in [2.75, 3.05) is 12.4 Å². The molecular formula is C25H25N3O3S3. The Hall–Kier alpha value is -2.75. The maximum absolute atomic E-state index is 13.8. The summed E-state index contributed by atoms with van der Waals surface area (Å²) in [5.41, 5.74) is 4.25. The molecule has 0 unspecified atom stereocenters. The molecule has 0 spiro atoms. The molecule has 0 aliphatic heterocycles. The first-order chi connectivity index (χ1) is 16.4. The number of benzene rings is 2. The van der Waals surface area contributed by atoms with Crippen LogP contribution in [0, 0.1) is 17.8 Å². The number of aromatic nitrogens is 3. The zero-order valence-corrected chi connectivity index (χ0v) is 21.7. The van der Waals surface area contributed by atoms with Gasteiger partial charge < -0.3 is 9.30 Å². The van der Waals surface area contributed by atoms with Crippen LogP contribution >= 0.6 is 35.3 Å². The second kappa shape index (κ2) is 10.7. The van der Waals surface area contributed by atoms with Crippen molar-refractivity contribution in [3.63, 3.8) is 0 Å². The molecule has 0 saturated carbocycles. The predicted octanol–water partition coefficient (Wildman–Crippen LogP) is 5.49. The minimum atomic E-state index is -0.346. The van der Waals surface area contributed by atoms with Crippen molar-refractivity contribution in [3.05, 3.63) is 79.5 Å². The Balaban J connectivity index is 1.86. The maximum atomic E-state index is 13.8. The third kappa shape index (κ3) is 5.01. The fraction of sp³-hybridized carbons (Fsp3) is 0.280. The van der Waals surface area contributed by atoms with Gasteiger partial charge in [-0.25, -0.2) is 4.98 Å². The molecule has 0 saturated heterocycles. The molecule has 2 aromatic heterocycles. The van der Waals surface area contributed by atoms with Crippen molar-refractivity contribution in [1.82, 2.24) is 14.1 Å².